The van der Waals surface area contributed by atoms with Crippen LogP contribution in [-0.2, 0) is 9.59 Å². The molecule has 1 atom stereocenters. The van der Waals surface area contributed by atoms with Crippen molar-refractivity contribution in [2.24, 2.45) is 0 Å². The highest BCUT2D eigenvalue weighted by molar-refractivity contribution is 5.96. The Kier molecular flexibility index (Phi) is 4.56. The molecule has 4 heteroatoms. The highest BCUT2D eigenvalue weighted by atomic mass is 16.2. The lowest BCUT2D eigenvalue weighted by Crippen LogP contribution is -2.59. The number of rotatable bonds is 4. The van der Waals surface area contributed by atoms with Crippen LogP contribution in [0.25, 0.3) is 6.08 Å². The first-order chi connectivity index (χ1) is 10.7. The van der Waals surface area contributed by atoms with E-state index in [2.05, 4.69) is 5.32 Å². The summed E-state index contributed by atoms with van der Waals surface area (Å²) in [5.41, 5.74) is 0.989. The SMILES string of the molecule is O=C(NC1CCCC1)C1CCN1C(=O)C=Cc1ccccc1. The Hall–Kier alpha value is -2.10. The Morgan fingerprint density at radius 2 is 1.82 bits per heavy atom. The molecule has 0 aromatic heterocycles. The second-order valence-corrected chi connectivity index (χ2v) is 6.07. The largest absolute Gasteiger partial charge is 0.352 e. The van der Waals surface area contributed by atoms with Crippen molar-refractivity contribution in [3.63, 3.8) is 0 Å². The summed E-state index contributed by atoms with van der Waals surface area (Å²) in [5.74, 6) is -0.0683. The zero-order chi connectivity index (χ0) is 15.4. The average molecular weight is 298 g/mol. The Bertz CT molecular complexity index is 562. The lowest BCUT2D eigenvalue weighted by atomic mass is 10.0. The quantitative estimate of drug-likeness (QED) is 0.868. The fourth-order valence-corrected chi connectivity index (χ4v) is 3.12. The van der Waals surface area contributed by atoms with Gasteiger partial charge in [0.15, 0.2) is 0 Å². The number of nitrogens with zero attached hydrogens (tertiary/aromatic N) is 1. The molecule has 22 heavy (non-hydrogen) atoms. The van der Waals surface area contributed by atoms with E-state index in [9.17, 15) is 9.59 Å². The molecule has 1 aliphatic heterocycles. The molecule has 2 fully saturated rings. The molecule has 0 spiro atoms. The molecule has 1 saturated carbocycles. The van der Waals surface area contributed by atoms with Crippen molar-refractivity contribution in [2.45, 2.75) is 44.2 Å². The lowest BCUT2D eigenvalue weighted by molar-refractivity contribution is -0.144. The van der Waals surface area contributed by atoms with E-state index in [0.717, 1.165) is 24.8 Å². The van der Waals surface area contributed by atoms with E-state index in [1.54, 1.807) is 17.1 Å². The van der Waals surface area contributed by atoms with E-state index in [1.165, 1.54) is 12.8 Å². The predicted molar refractivity (Wildman–Crippen MR) is 86.0 cm³/mol. The maximum atomic E-state index is 12.2. The summed E-state index contributed by atoms with van der Waals surface area (Å²) in [6.07, 6.45) is 8.65. The Morgan fingerprint density at radius 1 is 1.09 bits per heavy atom. The van der Waals surface area contributed by atoms with Gasteiger partial charge < -0.3 is 10.2 Å². The van der Waals surface area contributed by atoms with Gasteiger partial charge in [0.2, 0.25) is 11.8 Å². The molecule has 1 N–H and O–H groups in total. The van der Waals surface area contributed by atoms with E-state index in [-0.39, 0.29) is 17.9 Å². The van der Waals surface area contributed by atoms with Crippen molar-refractivity contribution >= 4 is 17.9 Å². The number of hydrogen-bond donors (Lipinski definition) is 1. The molecule has 1 aromatic rings. The van der Waals surface area contributed by atoms with E-state index in [4.69, 9.17) is 0 Å². The summed E-state index contributed by atoms with van der Waals surface area (Å²) in [5, 5.41) is 3.08. The predicted octanol–water partition coefficient (Wildman–Crippen LogP) is 2.36. The van der Waals surface area contributed by atoms with E-state index < -0.39 is 0 Å². The molecule has 1 unspecified atom stereocenters. The van der Waals surface area contributed by atoms with Crippen LogP contribution in [0.1, 0.15) is 37.7 Å². The summed E-state index contributed by atoms with van der Waals surface area (Å²) >= 11 is 0. The molecule has 2 amide bonds. The number of likely N-dealkylation sites (tertiary alicyclic amines) is 1. The maximum absolute atomic E-state index is 12.2. The number of hydrogen-bond acceptors (Lipinski definition) is 2. The first-order valence-electron chi connectivity index (χ1n) is 8.08. The van der Waals surface area contributed by atoms with Crippen molar-refractivity contribution in [3.8, 4) is 0 Å². The number of carbonyl (C=O) groups is 2. The van der Waals surface area contributed by atoms with Crippen molar-refractivity contribution in [3.05, 3.63) is 42.0 Å². The fraction of sp³-hybridized carbons (Fsp3) is 0.444. The van der Waals surface area contributed by atoms with Gasteiger partial charge in [0.25, 0.3) is 0 Å². The van der Waals surface area contributed by atoms with Crippen LogP contribution < -0.4 is 5.32 Å². The summed E-state index contributed by atoms with van der Waals surface area (Å²) in [4.78, 5) is 26.1. The smallest absolute Gasteiger partial charge is 0.247 e. The van der Waals surface area contributed by atoms with Crippen molar-refractivity contribution < 1.29 is 9.59 Å². The second kappa shape index (κ2) is 6.77. The molecular weight excluding hydrogens is 276 g/mol. The number of nitrogens with one attached hydrogen (secondary N) is 1. The van der Waals surface area contributed by atoms with Gasteiger partial charge in [-0.1, -0.05) is 43.2 Å². The Balaban J connectivity index is 1.54. The molecular formula is C18H22N2O2. The van der Waals surface area contributed by atoms with Gasteiger partial charge in [-0.15, -0.1) is 0 Å². The van der Waals surface area contributed by atoms with Gasteiger partial charge in [-0.3, -0.25) is 9.59 Å². The maximum Gasteiger partial charge on any atom is 0.247 e. The summed E-state index contributed by atoms with van der Waals surface area (Å²) in [6, 6.07) is 9.74. The third-order valence-electron chi connectivity index (χ3n) is 4.52. The number of carbonyl (C=O) groups excluding carboxylic acids is 2. The van der Waals surface area contributed by atoms with Gasteiger partial charge in [0, 0.05) is 18.7 Å². The molecule has 1 saturated heterocycles. The van der Waals surface area contributed by atoms with Gasteiger partial charge >= 0.3 is 0 Å². The number of benzene rings is 1. The first kappa shape index (κ1) is 14.8. The van der Waals surface area contributed by atoms with Gasteiger partial charge in [-0.25, -0.2) is 0 Å². The standard InChI is InChI=1S/C18H22N2O2/c21-17(11-10-14-6-2-1-3-7-14)20-13-12-16(20)18(22)19-15-8-4-5-9-15/h1-3,6-7,10-11,15-16H,4-5,8-9,12-13H2,(H,19,22). The van der Waals surface area contributed by atoms with Crippen molar-refractivity contribution in [2.75, 3.05) is 6.54 Å². The molecule has 3 rings (SSSR count). The summed E-state index contributed by atoms with van der Waals surface area (Å²) < 4.78 is 0. The number of amides is 2. The summed E-state index contributed by atoms with van der Waals surface area (Å²) in [6.45, 7) is 0.667. The van der Waals surface area contributed by atoms with Crippen LogP contribution in [0.4, 0.5) is 0 Å². The van der Waals surface area contributed by atoms with Crippen molar-refractivity contribution in [1.82, 2.24) is 10.2 Å². The zero-order valence-corrected chi connectivity index (χ0v) is 12.7. The molecule has 0 bridgehead atoms. The van der Waals surface area contributed by atoms with E-state index >= 15 is 0 Å². The first-order valence-corrected chi connectivity index (χ1v) is 8.08. The van der Waals surface area contributed by atoms with Crippen LogP contribution >= 0.6 is 0 Å². The molecule has 1 heterocycles. The van der Waals surface area contributed by atoms with E-state index in [1.807, 2.05) is 30.3 Å². The second-order valence-electron chi connectivity index (χ2n) is 6.07. The molecule has 116 valence electrons. The third-order valence-corrected chi connectivity index (χ3v) is 4.52. The molecule has 1 aliphatic carbocycles. The van der Waals surface area contributed by atoms with Crippen molar-refractivity contribution in [1.29, 1.82) is 0 Å². The van der Waals surface area contributed by atoms with Crippen LogP contribution in [-0.4, -0.2) is 35.3 Å². The topological polar surface area (TPSA) is 49.4 Å². The minimum absolute atomic E-state index is 0.0135. The van der Waals surface area contributed by atoms with Crippen LogP contribution in [0.15, 0.2) is 36.4 Å². The van der Waals surface area contributed by atoms with Crippen LogP contribution in [0.5, 0.6) is 0 Å². The van der Waals surface area contributed by atoms with Gasteiger partial charge in [-0.05, 0) is 30.9 Å². The molecule has 4 nitrogen and oxygen atoms in total. The minimum Gasteiger partial charge on any atom is -0.352 e. The van der Waals surface area contributed by atoms with Gasteiger partial charge in [0.1, 0.15) is 6.04 Å². The zero-order valence-electron chi connectivity index (χ0n) is 12.7. The van der Waals surface area contributed by atoms with Crippen LogP contribution in [0.2, 0.25) is 0 Å². The summed E-state index contributed by atoms with van der Waals surface area (Å²) in [7, 11) is 0. The third kappa shape index (κ3) is 3.38. The monoisotopic (exact) mass is 298 g/mol. The van der Waals surface area contributed by atoms with E-state index in [0.29, 0.717) is 12.6 Å². The molecule has 1 aromatic carbocycles. The fourth-order valence-electron chi connectivity index (χ4n) is 3.12. The molecule has 2 aliphatic rings. The van der Waals surface area contributed by atoms with Gasteiger partial charge in [0.05, 0.1) is 0 Å². The normalized spacial score (nSPS) is 21.8. The Morgan fingerprint density at radius 3 is 2.45 bits per heavy atom. The minimum atomic E-state index is -0.284. The lowest BCUT2D eigenvalue weighted by Gasteiger charge is -2.39. The average Bonchev–Trinajstić information content (AvgIpc) is 2.98. The highest BCUT2D eigenvalue weighted by Crippen LogP contribution is 2.21. The Labute approximate surface area is 131 Å². The van der Waals surface area contributed by atoms with Crippen LogP contribution in [0.3, 0.4) is 0 Å². The molecule has 0 radical (unpaired) electrons. The van der Waals surface area contributed by atoms with Gasteiger partial charge in [-0.2, -0.15) is 0 Å². The van der Waals surface area contributed by atoms with Crippen LogP contribution in [0, 0.1) is 0 Å². The highest BCUT2D eigenvalue weighted by Gasteiger charge is 2.37.